The number of hydrogen-bond acceptors (Lipinski definition) is 6. The van der Waals surface area contributed by atoms with Crippen molar-refractivity contribution in [1.82, 2.24) is 15.2 Å². The Hall–Kier alpha value is -3.79. The van der Waals surface area contributed by atoms with Crippen LogP contribution >= 0.6 is 0 Å². The Balaban J connectivity index is 1.93. The zero-order valence-corrected chi connectivity index (χ0v) is 15.3. The standard InChI is InChI=1S/C21H19N5O2/c1-2-11-27-16-6-4-3-5-14(16)17-15(12-22)20(23)28-21-18(17)19(25-26-21)13-7-9-24-10-8-13/h3-10,17H,2,11,23H2,1H3,(H,25,26)/t17-/m1/s1. The largest absolute Gasteiger partial charge is 0.493 e. The van der Waals surface area contributed by atoms with Crippen LogP contribution in [0.5, 0.6) is 11.6 Å². The molecule has 0 fully saturated rings. The fourth-order valence-electron chi connectivity index (χ4n) is 3.36. The van der Waals surface area contributed by atoms with E-state index in [1.165, 1.54) is 0 Å². The molecule has 0 amide bonds. The van der Waals surface area contributed by atoms with Gasteiger partial charge in [0.1, 0.15) is 17.4 Å². The summed E-state index contributed by atoms with van der Waals surface area (Å²) in [6.07, 6.45) is 4.29. The van der Waals surface area contributed by atoms with Gasteiger partial charge in [-0.15, -0.1) is 5.10 Å². The fraction of sp³-hybridized carbons (Fsp3) is 0.190. The number of nitriles is 1. The van der Waals surface area contributed by atoms with E-state index in [2.05, 4.69) is 21.3 Å². The van der Waals surface area contributed by atoms with Crippen LogP contribution in [0.25, 0.3) is 11.3 Å². The van der Waals surface area contributed by atoms with E-state index in [-0.39, 0.29) is 5.88 Å². The second kappa shape index (κ2) is 7.45. The number of para-hydroxylation sites is 1. The van der Waals surface area contributed by atoms with Crippen molar-refractivity contribution in [1.29, 1.82) is 5.26 Å². The number of aromatic nitrogens is 3. The molecule has 0 radical (unpaired) electrons. The maximum absolute atomic E-state index is 9.84. The quantitative estimate of drug-likeness (QED) is 0.708. The van der Waals surface area contributed by atoms with Gasteiger partial charge in [0.25, 0.3) is 0 Å². The first-order chi connectivity index (χ1) is 13.7. The minimum Gasteiger partial charge on any atom is -0.493 e. The molecule has 1 aliphatic rings. The average Bonchev–Trinajstić information content (AvgIpc) is 3.15. The van der Waals surface area contributed by atoms with E-state index in [0.29, 0.717) is 23.8 Å². The van der Waals surface area contributed by atoms with Gasteiger partial charge in [0.2, 0.25) is 11.8 Å². The van der Waals surface area contributed by atoms with Gasteiger partial charge in [-0.25, -0.2) is 0 Å². The number of pyridine rings is 1. The molecule has 3 N–H and O–H groups in total. The molecule has 0 aliphatic carbocycles. The number of ether oxygens (including phenoxy) is 2. The van der Waals surface area contributed by atoms with Crippen molar-refractivity contribution in [3.05, 3.63) is 71.4 Å². The third-order valence-electron chi connectivity index (χ3n) is 4.60. The van der Waals surface area contributed by atoms with Crippen LogP contribution in [0, 0.1) is 11.3 Å². The average molecular weight is 373 g/mol. The summed E-state index contributed by atoms with van der Waals surface area (Å²) in [5.74, 6) is 0.671. The summed E-state index contributed by atoms with van der Waals surface area (Å²) in [5.41, 5.74) is 9.64. The fourth-order valence-corrected chi connectivity index (χ4v) is 3.36. The molecular formula is C21H19N5O2. The molecule has 28 heavy (non-hydrogen) atoms. The summed E-state index contributed by atoms with van der Waals surface area (Å²) in [7, 11) is 0. The molecule has 0 unspecified atom stereocenters. The molecule has 1 aliphatic heterocycles. The maximum atomic E-state index is 9.84. The Morgan fingerprint density at radius 3 is 2.79 bits per heavy atom. The van der Waals surface area contributed by atoms with Crippen LogP contribution in [0.1, 0.15) is 30.4 Å². The number of nitrogens with two attached hydrogens (primary N) is 1. The van der Waals surface area contributed by atoms with E-state index in [4.69, 9.17) is 15.2 Å². The lowest BCUT2D eigenvalue weighted by molar-refractivity contribution is 0.312. The molecule has 0 bridgehead atoms. The number of allylic oxidation sites excluding steroid dienone is 1. The second-order valence-electron chi connectivity index (χ2n) is 6.36. The topological polar surface area (TPSA) is 110 Å². The highest BCUT2D eigenvalue weighted by Gasteiger charge is 2.37. The van der Waals surface area contributed by atoms with Crippen molar-refractivity contribution in [3.63, 3.8) is 0 Å². The van der Waals surface area contributed by atoms with Crippen molar-refractivity contribution in [2.75, 3.05) is 6.61 Å². The minimum absolute atomic E-state index is 0.0538. The van der Waals surface area contributed by atoms with E-state index in [1.807, 2.05) is 43.3 Å². The lowest BCUT2D eigenvalue weighted by Crippen LogP contribution is -2.21. The second-order valence-corrected chi connectivity index (χ2v) is 6.36. The van der Waals surface area contributed by atoms with Gasteiger partial charge in [0.15, 0.2) is 0 Å². The number of H-pyrrole nitrogens is 1. The summed E-state index contributed by atoms with van der Waals surface area (Å²) < 4.78 is 11.6. The Kier molecular flexibility index (Phi) is 4.68. The molecule has 0 saturated heterocycles. The van der Waals surface area contributed by atoms with Crippen molar-refractivity contribution in [3.8, 4) is 29.0 Å². The van der Waals surface area contributed by atoms with Crippen LogP contribution in [0.15, 0.2) is 60.2 Å². The van der Waals surface area contributed by atoms with Gasteiger partial charge in [-0.1, -0.05) is 25.1 Å². The zero-order valence-electron chi connectivity index (χ0n) is 15.3. The Morgan fingerprint density at radius 1 is 1.25 bits per heavy atom. The van der Waals surface area contributed by atoms with E-state index in [0.717, 1.165) is 28.8 Å². The molecule has 3 heterocycles. The number of rotatable bonds is 5. The molecule has 4 rings (SSSR count). The number of nitrogens with one attached hydrogen (secondary N) is 1. The van der Waals surface area contributed by atoms with E-state index < -0.39 is 5.92 Å². The van der Waals surface area contributed by atoms with Crippen LogP contribution in [0.3, 0.4) is 0 Å². The first-order valence-electron chi connectivity index (χ1n) is 9.02. The Bertz CT molecular complexity index is 1070. The molecule has 3 aromatic rings. The molecule has 1 atom stereocenters. The predicted molar refractivity (Wildman–Crippen MR) is 103 cm³/mol. The van der Waals surface area contributed by atoms with Crippen molar-refractivity contribution in [2.45, 2.75) is 19.3 Å². The van der Waals surface area contributed by atoms with Crippen LogP contribution in [-0.2, 0) is 0 Å². The molecule has 0 saturated carbocycles. The summed E-state index contributed by atoms with van der Waals surface area (Å²) >= 11 is 0. The van der Waals surface area contributed by atoms with Gasteiger partial charge in [0.05, 0.1) is 23.8 Å². The predicted octanol–water partition coefficient (Wildman–Crippen LogP) is 3.48. The number of aromatic amines is 1. The lowest BCUT2D eigenvalue weighted by atomic mass is 9.82. The van der Waals surface area contributed by atoms with Gasteiger partial charge in [-0.05, 0) is 24.6 Å². The number of hydrogen-bond donors (Lipinski definition) is 2. The molecule has 7 heteroatoms. The molecule has 7 nitrogen and oxygen atoms in total. The van der Waals surface area contributed by atoms with Crippen LogP contribution in [0.2, 0.25) is 0 Å². The van der Waals surface area contributed by atoms with Crippen molar-refractivity contribution >= 4 is 0 Å². The SMILES string of the molecule is CCCOc1ccccc1[C@@H]1C(C#N)=C(N)Oc2n[nH]c(-c3ccncc3)c21. The van der Waals surface area contributed by atoms with Crippen molar-refractivity contribution < 1.29 is 9.47 Å². The molecule has 0 spiro atoms. The molecule has 140 valence electrons. The third kappa shape index (κ3) is 2.95. The Labute approximate surface area is 162 Å². The highest BCUT2D eigenvalue weighted by Crippen LogP contribution is 2.47. The lowest BCUT2D eigenvalue weighted by Gasteiger charge is -2.25. The highest BCUT2D eigenvalue weighted by molar-refractivity contribution is 5.71. The van der Waals surface area contributed by atoms with Crippen molar-refractivity contribution in [2.24, 2.45) is 5.73 Å². The van der Waals surface area contributed by atoms with Gasteiger partial charge < -0.3 is 15.2 Å². The first-order valence-corrected chi connectivity index (χ1v) is 9.02. The summed E-state index contributed by atoms with van der Waals surface area (Å²) in [4.78, 5) is 4.07. The minimum atomic E-state index is -0.455. The first kappa shape index (κ1) is 17.6. The zero-order chi connectivity index (χ0) is 19.5. The van der Waals surface area contributed by atoms with E-state index >= 15 is 0 Å². The van der Waals surface area contributed by atoms with Gasteiger partial charge >= 0.3 is 0 Å². The van der Waals surface area contributed by atoms with Crippen LogP contribution < -0.4 is 15.2 Å². The Morgan fingerprint density at radius 2 is 2.04 bits per heavy atom. The monoisotopic (exact) mass is 373 g/mol. The summed E-state index contributed by atoms with van der Waals surface area (Å²) in [6, 6.07) is 13.6. The molecule has 2 aromatic heterocycles. The third-order valence-corrected chi connectivity index (χ3v) is 4.60. The maximum Gasteiger partial charge on any atom is 0.244 e. The molecular weight excluding hydrogens is 354 g/mol. The summed E-state index contributed by atoms with van der Waals surface area (Å²) in [5, 5.41) is 17.1. The van der Waals surface area contributed by atoms with Gasteiger partial charge in [-0.2, -0.15) is 5.26 Å². The number of nitrogens with zero attached hydrogens (tertiary/aromatic N) is 3. The van der Waals surface area contributed by atoms with Crippen LogP contribution in [-0.4, -0.2) is 21.8 Å². The highest BCUT2D eigenvalue weighted by atomic mass is 16.5. The smallest absolute Gasteiger partial charge is 0.244 e. The summed E-state index contributed by atoms with van der Waals surface area (Å²) in [6.45, 7) is 2.63. The van der Waals surface area contributed by atoms with Gasteiger partial charge in [-0.3, -0.25) is 10.1 Å². The van der Waals surface area contributed by atoms with Crippen LogP contribution in [0.4, 0.5) is 0 Å². The van der Waals surface area contributed by atoms with E-state index in [1.54, 1.807) is 12.4 Å². The number of fused-ring (bicyclic) bond motifs is 1. The number of benzene rings is 1. The van der Waals surface area contributed by atoms with Gasteiger partial charge in [0, 0.05) is 23.5 Å². The normalized spacial score (nSPS) is 15.5. The molecule has 1 aromatic carbocycles. The van der Waals surface area contributed by atoms with E-state index in [9.17, 15) is 5.26 Å².